The molecule has 0 atom stereocenters. The summed E-state index contributed by atoms with van der Waals surface area (Å²) in [7, 11) is -3.78. The van der Waals surface area contributed by atoms with Crippen molar-refractivity contribution in [3.05, 3.63) is 64.8 Å². The number of rotatable bonds is 8. The van der Waals surface area contributed by atoms with Crippen molar-refractivity contribution in [3.63, 3.8) is 0 Å². The van der Waals surface area contributed by atoms with Crippen molar-refractivity contribution in [2.45, 2.75) is 64.5 Å². The molecule has 10 heteroatoms. The van der Waals surface area contributed by atoms with Crippen molar-refractivity contribution in [1.29, 1.82) is 0 Å². The zero-order chi connectivity index (χ0) is 28.2. The normalized spacial score (nSPS) is 14.8. The summed E-state index contributed by atoms with van der Waals surface area (Å²) in [5.74, 6) is 0.136. The van der Waals surface area contributed by atoms with Crippen molar-refractivity contribution in [3.8, 4) is 10.4 Å². The highest BCUT2D eigenvalue weighted by Crippen LogP contribution is 2.34. The number of aryl methyl sites for hydroxylation is 2. The predicted molar refractivity (Wildman–Crippen MR) is 155 cm³/mol. The minimum atomic E-state index is -3.78. The van der Waals surface area contributed by atoms with Gasteiger partial charge in [-0.3, -0.25) is 4.18 Å². The van der Waals surface area contributed by atoms with Crippen LogP contribution >= 0.6 is 11.3 Å². The van der Waals surface area contributed by atoms with Gasteiger partial charge in [-0.15, -0.1) is 11.3 Å². The maximum absolute atomic E-state index is 12.6. The standard InChI is InChI=1S/C29H37N3O5S2/c1-20-6-10-25(11-7-20)39(34,35)36-18-22-12-14-32(15-13-22)26-16-23(27-21(2)31-19-38-27)8-9-24(26)17-30-28(33)37-29(3,4)5/h6-11,16,19,22H,12-15,17-18H2,1-5H3,(H,30,33). The molecule has 0 bridgehead atoms. The number of hydrogen-bond acceptors (Lipinski definition) is 8. The number of ether oxygens (including phenoxy) is 1. The van der Waals surface area contributed by atoms with Gasteiger partial charge >= 0.3 is 6.09 Å². The Balaban J connectivity index is 1.44. The van der Waals surface area contributed by atoms with Gasteiger partial charge in [-0.25, -0.2) is 9.78 Å². The molecule has 1 saturated heterocycles. The molecular weight excluding hydrogens is 534 g/mol. The molecule has 2 aromatic carbocycles. The van der Waals surface area contributed by atoms with Crippen molar-refractivity contribution < 1.29 is 22.1 Å². The number of nitrogens with one attached hydrogen (secondary N) is 1. The molecule has 0 spiro atoms. The van der Waals surface area contributed by atoms with Crippen LogP contribution in [0.2, 0.25) is 0 Å². The van der Waals surface area contributed by atoms with Crippen LogP contribution in [0.3, 0.4) is 0 Å². The van der Waals surface area contributed by atoms with E-state index in [1.165, 1.54) is 0 Å². The Bertz CT molecular complexity index is 1390. The van der Waals surface area contributed by atoms with E-state index in [-0.39, 0.29) is 17.4 Å². The van der Waals surface area contributed by atoms with E-state index in [1.807, 2.05) is 46.2 Å². The Labute approximate surface area is 235 Å². The Kier molecular flexibility index (Phi) is 8.98. The van der Waals surface area contributed by atoms with E-state index >= 15 is 0 Å². The van der Waals surface area contributed by atoms with Crippen molar-refractivity contribution in [1.82, 2.24) is 10.3 Å². The monoisotopic (exact) mass is 571 g/mol. The van der Waals surface area contributed by atoms with E-state index in [0.717, 1.165) is 58.9 Å². The molecule has 1 aromatic heterocycles. The van der Waals surface area contributed by atoms with Crippen molar-refractivity contribution in [2.24, 2.45) is 5.92 Å². The van der Waals surface area contributed by atoms with Gasteiger partial charge in [-0.1, -0.05) is 29.8 Å². The molecule has 8 nitrogen and oxygen atoms in total. The highest BCUT2D eigenvalue weighted by atomic mass is 32.2. The largest absolute Gasteiger partial charge is 0.444 e. The van der Waals surface area contributed by atoms with E-state index in [2.05, 4.69) is 27.3 Å². The van der Waals surface area contributed by atoms with Crippen LogP contribution in [-0.4, -0.2) is 44.8 Å². The number of amides is 1. The third-order valence-electron chi connectivity index (χ3n) is 6.64. The fraction of sp³-hybridized carbons (Fsp3) is 0.448. The Morgan fingerprint density at radius 1 is 1.10 bits per heavy atom. The van der Waals surface area contributed by atoms with Crippen LogP contribution in [0.15, 0.2) is 52.9 Å². The molecule has 0 aliphatic carbocycles. The van der Waals surface area contributed by atoms with Crippen LogP contribution in [0.1, 0.15) is 50.4 Å². The molecule has 1 N–H and O–H groups in total. The zero-order valence-corrected chi connectivity index (χ0v) is 24.8. The topological polar surface area (TPSA) is 97.8 Å². The van der Waals surface area contributed by atoms with Gasteiger partial charge in [0.05, 0.1) is 27.6 Å². The number of hydrogen-bond donors (Lipinski definition) is 1. The summed E-state index contributed by atoms with van der Waals surface area (Å²) in [6.07, 6.45) is 1.14. The summed E-state index contributed by atoms with van der Waals surface area (Å²) in [5, 5.41) is 2.88. The average molecular weight is 572 g/mol. The number of aromatic nitrogens is 1. The van der Waals surface area contributed by atoms with Crippen LogP contribution in [0.4, 0.5) is 10.5 Å². The van der Waals surface area contributed by atoms with E-state index in [1.54, 1.807) is 35.6 Å². The van der Waals surface area contributed by atoms with E-state index in [0.29, 0.717) is 6.54 Å². The molecule has 1 fully saturated rings. The molecule has 2 heterocycles. The fourth-order valence-corrected chi connectivity index (χ4v) is 6.29. The second-order valence-corrected chi connectivity index (χ2v) is 13.4. The summed E-state index contributed by atoms with van der Waals surface area (Å²) >= 11 is 1.60. The number of piperidine rings is 1. The molecule has 0 unspecified atom stereocenters. The number of nitrogens with zero attached hydrogens (tertiary/aromatic N) is 2. The summed E-state index contributed by atoms with van der Waals surface area (Å²) in [4.78, 5) is 20.3. The summed E-state index contributed by atoms with van der Waals surface area (Å²) in [6.45, 7) is 11.4. The van der Waals surface area contributed by atoms with Crippen molar-refractivity contribution in [2.75, 3.05) is 24.6 Å². The number of benzene rings is 2. The predicted octanol–water partition coefficient (Wildman–Crippen LogP) is 6.07. The number of alkyl carbamates (subject to hydrolysis) is 1. The van der Waals surface area contributed by atoms with Gasteiger partial charge in [0.1, 0.15) is 5.60 Å². The molecule has 39 heavy (non-hydrogen) atoms. The first kappa shape index (κ1) is 29.0. The van der Waals surface area contributed by atoms with Crippen LogP contribution in [0.5, 0.6) is 0 Å². The van der Waals surface area contributed by atoms with Crippen LogP contribution < -0.4 is 10.2 Å². The van der Waals surface area contributed by atoms with Crippen molar-refractivity contribution >= 4 is 33.2 Å². The number of anilines is 1. The second kappa shape index (κ2) is 12.1. The number of thiazole rings is 1. The molecule has 1 amide bonds. The summed E-state index contributed by atoms with van der Waals surface area (Å²) in [5.41, 5.74) is 6.37. The minimum Gasteiger partial charge on any atom is -0.444 e. The van der Waals surface area contributed by atoms with Gasteiger partial charge in [0.15, 0.2) is 0 Å². The number of carbonyl (C=O) groups is 1. The SMILES string of the molecule is Cc1ccc(S(=O)(=O)OCC2CCN(c3cc(-c4scnc4C)ccc3CNC(=O)OC(C)(C)C)CC2)cc1. The summed E-state index contributed by atoms with van der Waals surface area (Å²) < 4.78 is 36.1. The molecular formula is C29H37N3O5S2. The maximum Gasteiger partial charge on any atom is 0.407 e. The van der Waals surface area contributed by atoms with Gasteiger partial charge in [0, 0.05) is 25.3 Å². The highest BCUT2D eigenvalue weighted by molar-refractivity contribution is 7.86. The highest BCUT2D eigenvalue weighted by Gasteiger charge is 2.25. The Hall–Kier alpha value is -2.95. The lowest BCUT2D eigenvalue weighted by molar-refractivity contribution is 0.0523. The fourth-order valence-electron chi connectivity index (χ4n) is 4.51. The van der Waals surface area contributed by atoms with E-state index < -0.39 is 21.8 Å². The number of carbonyl (C=O) groups excluding carboxylic acids is 1. The molecule has 0 saturated carbocycles. The summed E-state index contributed by atoms with van der Waals surface area (Å²) in [6, 6.07) is 13.0. The molecule has 0 radical (unpaired) electrons. The van der Waals surface area contributed by atoms with Gasteiger partial charge in [-0.2, -0.15) is 8.42 Å². The van der Waals surface area contributed by atoms with E-state index in [9.17, 15) is 13.2 Å². The average Bonchev–Trinajstić information content (AvgIpc) is 3.31. The lowest BCUT2D eigenvalue weighted by Crippen LogP contribution is -2.37. The first-order chi connectivity index (χ1) is 18.4. The Morgan fingerprint density at radius 2 is 1.79 bits per heavy atom. The Morgan fingerprint density at radius 3 is 2.41 bits per heavy atom. The third kappa shape index (κ3) is 7.80. The zero-order valence-electron chi connectivity index (χ0n) is 23.2. The van der Waals surface area contributed by atoms with Gasteiger partial charge in [0.2, 0.25) is 0 Å². The first-order valence-electron chi connectivity index (χ1n) is 13.1. The maximum atomic E-state index is 12.6. The van der Waals surface area contributed by atoms with Crippen LogP contribution in [0, 0.1) is 19.8 Å². The van der Waals surface area contributed by atoms with Crippen LogP contribution in [-0.2, 0) is 25.6 Å². The van der Waals surface area contributed by atoms with E-state index in [4.69, 9.17) is 8.92 Å². The lowest BCUT2D eigenvalue weighted by atomic mass is 9.96. The minimum absolute atomic E-state index is 0.136. The lowest BCUT2D eigenvalue weighted by Gasteiger charge is -2.35. The quantitative estimate of drug-likeness (QED) is 0.328. The third-order valence-corrected chi connectivity index (χ3v) is 8.91. The van der Waals surface area contributed by atoms with Gasteiger partial charge < -0.3 is 15.0 Å². The molecule has 4 rings (SSSR count). The molecule has 1 aliphatic heterocycles. The first-order valence-corrected chi connectivity index (χ1v) is 15.4. The molecule has 1 aliphatic rings. The molecule has 3 aromatic rings. The molecule has 210 valence electrons. The smallest absolute Gasteiger partial charge is 0.407 e. The van der Waals surface area contributed by atoms with Gasteiger partial charge in [0.25, 0.3) is 10.1 Å². The van der Waals surface area contributed by atoms with Crippen LogP contribution in [0.25, 0.3) is 10.4 Å². The second-order valence-electron chi connectivity index (χ2n) is 10.9. The van der Waals surface area contributed by atoms with Gasteiger partial charge in [-0.05, 0) is 82.7 Å².